The minimum absolute atomic E-state index is 0.0903. The average molecular weight is 393 g/mol. The van der Waals surface area contributed by atoms with Crippen molar-refractivity contribution in [1.29, 1.82) is 0 Å². The van der Waals surface area contributed by atoms with Crippen molar-refractivity contribution in [3.8, 4) is 0 Å². The minimum Gasteiger partial charge on any atom is -0.383 e. The van der Waals surface area contributed by atoms with Gasteiger partial charge in [-0.3, -0.25) is 14.9 Å². The molecule has 1 amide bonds. The van der Waals surface area contributed by atoms with E-state index in [1.807, 2.05) is 0 Å². The van der Waals surface area contributed by atoms with Gasteiger partial charge in [-0.25, -0.2) is 8.78 Å². The number of nitro groups is 1. The van der Waals surface area contributed by atoms with Crippen molar-refractivity contribution in [2.75, 3.05) is 13.7 Å². The van der Waals surface area contributed by atoms with E-state index < -0.39 is 22.5 Å². The van der Waals surface area contributed by atoms with E-state index in [2.05, 4.69) is 4.99 Å². The minimum atomic E-state index is -0.846. The van der Waals surface area contributed by atoms with Crippen LogP contribution in [0.2, 0.25) is 0 Å². The molecule has 0 aliphatic carbocycles. The van der Waals surface area contributed by atoms with Gasteiger partial charge in [0, 0.05) is 25.8 Å². The summed E-state index contributed by atoms with van der Waals surface area (Å²) in [6.45, 7) is 0.373. The zero-order valence-corrected chi connectivity index (χ0v) is 14.8. The highest BCUT2D eigenvalue weighted by Crippen LogP contribution is 2.23. The van der Waals surface area contributed by atoms with Crippen LogP contribution in [0.5, 0.6) is 0 Å². The number of methoxy groups -OCH3 is 1. The van der Waals surface area contributed by atoms with Crippen LogP contribution in [0.4, 0.5) is 14.5 Å². The Kier molecular flexibility index (Phi) is 5.38. The molecule has 0 aliphatic rings. The molecule has 0 saturated carbocycles. The molecule has 27 heavy (non-hydrogen) atoms. The first kappa shape index (κ1) is 18.8. The Balaban J connectivity index is 2.20. The molecule has 0 N–H and O–H groups in total. The topological polar surface area (TPSA) is 86.7 Å². The van der Waals surface area contributed by atoms with Crippen molar-refractivity contribution in [3.05, 3.63) is 68.5 Å². The van der Waals surface area contributed by atoms with Crippen LogP contribution in [0.25, 0.3) is 10.2 Å². The lowest BCUT2D eigenvalue weighted by molar-refractivity contribution is -0.385. The van der Waals surface area contributed by atoms with Gasteiger partial charge >= 0.3 is 0 Å². The third kappa shape index (κ3) is 3.76. The summed E-state index contributed by atoms with van der Waals surface area (Å²) in [5.41, 5.74) is -0.481. The first-order valence-electron chi connectivity index (χ1n) is 7.72. The number of hydrogen-bond donors (Lipinski definition) is 0. The Labute approximate surface area is 155 Å². The van der Waals surface area contributed by atoms with Crippen molar-refractivity contribution < 1.29 is 23.2 Å². The molecule has 10 heteroatoms. The number of ether oxygens (including phenoxy) is 1. The van der Waals surface area contributed by atoms with Gasteiger partial charge in [0.25, 0.3) is 11.6 Å². The molecule has 140 valence electrons. The van der Waals surface area contributed by atoms with Crippen LogP contribution in [0.15, 0.2) is 41.4 Å². The monoisotopic (exact) mass is 393 g/mol. The van der Waals surface area contributed by atoms with Crippen molar-refractivity contribution in [2.45, 2.75) is 6.54 Å². The largest absolute Gasteiger partial charge is 0.383 e. The summed E-state index contributed by atoms with van der Waals surface area (Å²) in [5.74, 6) is -2.39. The first-order chi connectivity index (χ1) is 12.9. The van der Waals surface area contributed by atoms with E-state index in [9.17, 15) is 23.7 Å². The summed E-state index contributed by atoms with van der Waals surface area (Å²) < 4.78 is 34.4. The molecule has 2 aromatic carbocycles. The second-order valence-corrected chi connectivity index (χ2v) is 6.46. The normalized spacial score (nSPS) is 11.9. The van der Waals surface area contributed by atoms with Crippen molar-refractivity contribution >= 4 is 33.1 Å². The molecule has 3 aromatic rings. The fourth-order valence-corrected chi connectivity index (χ4v) is 3.66. The number of carbonyl (C=O) groups is 1. The van der Waals surface area contributed by atoms with E-state index >= 15 is 0 Å². The fraction of sp³-hybridized carbons (Fsp3) is 0.176. The van der Waals surface area contributed by atoms with Crippen molar-refractivity contribution in [3.63, 3.8) is 0 Å². The zero-order chi connectivity index (χ0) is 19.6. The lowest BCUT2D eigenvalue weighted by Gasteiger charge is -2.05. The molecular weight excluding hydrogens is 380 g/mol. The highest BCUT2D eigenvalue weighted by molar-refractivity contribution is 7.16. The van der Waals surface area contributed by atoms with E-state index in [-0.39, 0.29) is 39.4 Å². The van der Waals surface area contributed by atoms with Gasteiger partial charge in [0.2, 0.25) is 0 Å². The maximum absolute atomic E-state index is 14.3. The summed E-state index contributed by atoms with van der Waals surface area (Å²) in [5, 5.41) is 11.1. The van der Waals surface area contributed by atoms with Gasteiger partial charge < -0.3 is 9.30 Å². The molecule has 0 saturated heterocycles. The predicted octanol–water partition coefficient (Wildman–Crippen LogP) is 3.28. The van der Waals surface area contributed by atoms with Gasteiger partial charge in [0.05, 0.1) is 21.7 Å². The van der Waals surface area contributed by atoms with Gasteiger partial charge in [0.1, 0.15) is 11.4 Å². The molecule has 0 fully saturated rings. The molecule has 0 radical (unpaired) electrons. The lowest BCUT2D eigenvalue weighted by Crippen LogP contribution is -2.20. The van der Waals surface area contributed by atoms with Crippen molar-refractivity contribution in [1.82, 2.24) is 4.57 Å². The number of fused-ring (bicyclic) bond motifs is 1. The van der Waals surface area contributed by atoms with Crippen LogP contribution in [0.1, 0.15) is 10.4 Å². The highest BCUT2D eigenvalue weighted by atomic mass is 32.1. The Morgan fingerprint density at radius 3 is 2.78 bits per heavy atom. The number of thiazole rings is 1. The molecule has 7 nitrogen and oxygen atoms in total. The van der Waals surface area contributed by atoms with Crippen LogP contribution in [-0.2, 0) is 11.3 Å². The molecule has 3 rings (SSSR count). The highest BCUT2D eigenvalue weighted by Gasteiger charge is 2.20. The van der Waals surface area contributed by atoms with Crippen LogP contribution < -0.4 is 4.80 Å². The van der Waals surface area contributed by atoms with Crippen LogP contribution >= 0.6 is 11.3 Å². The molecular formula is C17H13F2N3O4S. The van der Waals surface area contributed by atoms with E-state index in [0.29, 0.717) is 0 Å². The Bertz CT molecular complexity index is 1110. The van der Waals surface area contributed by atoms with Crippen LogP contribution in [0.3, 0.4) is 0 Å². The SMILES string of the molecule is COCCn1c(=NC(=O)c2ccccc2[N+](=O)[O-])sc2cc(F)cc(F)c21. The summed E-state index contributed by atoms with van der Waals surface area (Å²) in [6, 6.07) is 7.28. The molecule has 0 atom stereocenters. The predicted molar refractivity (Wildman–Crippen MR) is 94.6 cm³/mol. The summed E-state index contributed by atoms with van der Waals surface area (Å²) >= 11 is 0.910. The number of amides is 1. The lowest BCUT2D eigenvalue weighted by atomic mass is 10.2. The number of aromatic nitrogens is 1. The summed E-state index contributed by atoms with van der Waals surface area (Å²) in [7, 11) is 1.46. The molecule has 0 spiro atoms. The molecule has 1 heterocycles. The second-order valence-electron chi connectivity index (χ2n) is 5.45. The van der Waals surface area contributed by atoms with Gasteiger partial charge in [-0.1, -0.05) is 23.5 Å². The number of halogens is 2. The molecule has 1 aromatic heterocycles. The van der Waals surface area contributed by atoms with Gasteiger partial charge in [-0.2, -0.15) is 4.99 Å². The Hall–Kier alpha value is -2.98. The number of carbonyl (C=O) groups excluding carboxylic acids is 1. The molecule has 0 bridgehead atoms. The first-order valence-corrected chi connectivity index (χ1v) is 8.54. The Morgan fingerprint density at radius 2 is 2.07 bits per heavy atom. The standard InChI is InChI=1S/C17H13F2N3O4S/c1-26-7-6-21-15-12(19)8-10(18)9-14(15)27-17(21)20-16(23)11-4-2-3-5-13(11)22(24)25/h2-5,8-9H,6-7H2,1H3. The molecule has 0 unspecified atom stereocenters. The van der Waals surface area contributed by atoms with E-state index in [0.717, 1.165) is 23.5 Å². The maximum atomic E-state index is 14.3. The van der Waals surface area contributed by atoms with E-state index in [4.69, 9.17) is 4.74 Å². The number of para-hydroxylation sites is 1. The third-order valence-corrected chi connectivity index (χ3v) is 4.77. The maximum Gasteiger partial charge on any atom is 0.286 e. The van der Waals surface area contributed by atoms with Crippen LogP contribution in [0, 0.1) is 21.7 Å². The number of benzene rings is 2. The van der Waals surface area contributed by atoms with Gasteiger partial charge in [-0.15, -0.1) is 0 Å². The Morgan fingerprint density at radius 1 is 1.33 bits per heavy atom. The number of nitrogens with zero attached hydrogens (tertiary/aromatic N) is 3. The van der Waals surface area contributed by atoms with E-state index in [1.54, 1.807) is 0 Å². The van der Waals surface area contributed by atoms with E-state index in [1.165, 1.54) is 35.9 Å². The number of nitro benzene ring substituents is 1. The van der Waals surface area contributed by atoms with Crippen LogP contribution in [-0.4, -0.2) is 29.1 Å². The quantitative estimate of drug-likeness (QED) is 0.492. The third-order valence-electron chi connectivity index (χ3n) is 3.74. The number of hydrogen-bond acceptors (Lipinski definition) is 5. The second kappa shape index (κ2) is 7.72. The number of rotatable bonds is 5. The van der Waals surface area contributed by atoms with Crippen molar-refractivity contribution in [2.24, 2.45) is 4.99 Å². The summed E-state index contributed by atoms with van der Waals surface area (Å²) in [6.07, 6.45) is 0. The fourth-order valence-electron chi connectivity index (χ4n) is 2.57. The smallest absolute Gasteiger partial charge is 0.286 e. The molecule has 0 aliphatic heterocycles. The average Bonchev–Trinajstić information content (AvgIpc) is 2.96. The summed E-state index contributed by atoms with van der Waals surface area (Å²) in [4.78, 5) is 27.0. The van der Waals surface area contributed by atoms with Gasteiger partial charge in [-0.05, 0) is 12.1 Å². The van der Waals surface area contributed by atoms with Gasteiger partial charge in [0.15, 0.2) is 10.6 Å². The zero-order valence-electron chi connectivity index (χ0n) is 14.0.